The van der Waals surface area contributed by atoms with E-state index in [1.54, 1.807) is 17.6 Å². The number of phenolic OH excluding ortho intramolecular Hbond substituents is 1. The van der Waals surface area contributed by atoms with Gasteiger partial charge in [-0.3, -0.25) is 9.59 Å². The monoisotopic (exact) mass is 446 g/mol. The molecule has 3 rings (SSSR count). The molecule has 1 saturated heterocycles. The van der Waals surface area contributed by atoms with Crippen LogP contribution in [0.25, 0.3) is 10.4 Å². The molecule has 0 bridgehead atoms. The molecule has 2 heterocycles. The van der Waals surface area contributed by atoms with Crippen LogP contribution in [-0.4, -0.2) is 56.6 Å². The number of nitrogens with two attached hydrogens (primary N) is 1. The molecule has 0 spiro atoms. The number of phenols is 1. The van der Waals surface area contributed by atoms with Crippen LogP contribution in [0.1, 0.15) is 38.4 Å². The zero-order valence-electron chi connectivity index (χ0n) is 18.3. The number of aliphatic hydroxyl groups excluding tert-OH is 1. The van der Waals surface area contributed by atoms with Crippen molar-refractivity contribution >= 4 is 23.2 Å². The quantitative estimate of drug-likeness (QED) is 0.554. The van der Waals surface area contributed by atoms with E-state index in [9.17, 15) is 19.8 Å². The second kappa shape index (κ2) is 8.94. The highest BCUT2D eigenvalue weighted by molar-refractivity contribution is 7.13. The fourth-order valence-electron chi connectivity index (χ4n) is 3.59. The smallest absolute Gasteiger partial charge is 0.243 e. The van der Waals surface area contributed by atoms with E-state index in [2.05, 4.69) is 10.3 Å². The van der Waals surface area contributed by atoms with Crippen LogP contribution in [0.3, 0.4) is 0 Å². The number of nitrogens with one attached hydrogen (secondary N) is 1. The second-order valence-electron chi connectivity index (χ2n) is 9.07. The van der Waals surface area contributed by atoms with Gasteiger partial charge in [-0.25, -0.2) is 4.98 Å². The molecule has 0 radical (unpaired) electrons. The molecule has 168 valence electrons. The van der Waals surface area contributed by atoms with Gasteiger partial charge in [-0.2, -0.15) is 0 Å². The van der Waals surface area contributed by atoms with Gasteiger partial charge in [0, 0.05) is 25.1 Å². The first-order valence-corrected chi connectivity index (χ1v) is 11.1. The lowest BCUT2D eigenvalue weighted by Crippen LogP contribution is -2.54. The van der Waals surface area contributed by atoms with Crippen molar-refractivity contribution in [3.63, 3.8) is 0 Å². The molecule has 0 saturated carbocycles. The number of β-amino-alcohol motifs (C(OH)–C–C–N with tert-alkyl or cyclic N) is 1. The molecule has 9 heteroatoms. The van der Waals surface area contributed by atoms with E-state index < -0.39 is 23.6 Å². The Morgan fingerprint density at radius 3 is 2.68 bits per heavy atom. The molecule has 8 nitrogen and oxygen atoms in total. The highest BCUT2D eigenvalue weighted by Crippen LogP contribution is 2.31. The van der Waals surface area contributed by atoms with Crippen LogP contribution in [0.5, 0.6) is 5.75 Å². The minimum absolute atomic E-state index is 0.0692. The lowest BCUT2D eigenvalue weighted by Gasteiger charge is -2.32. The number of rotatable bonds is 5. The van der Waals surface area contributed by atoms with Crippen molar-refractivity contribution in [1.29, 1.82) is 0 Å². The number of likely N-dealkylation sites (tertiary alicyclic amines) is 1. The Morgan fingerprint density at radius 2 is 2.10 bits per heavy atom. The van der Waals surface area contributed by atoms with Gasteiger partial charge < -0.3 is 26.2 Å². The summed E-state index contributed by atoms with van der Waals surface area (Å²) in [5.41, 5.74) is 9.69. The van der Waals surface area contributed by atoms with Crippen LogP contribution in [0.4, 0.5) is 0 Å². The summed E-state index contributed by atoms with van der Waals surface area (Å²) >= 11 is 1.50. The number of amides is 2. The summed E-state index contributed by atoms with van der Waals surface area (Å²) in [5, 5.41) is 23.3. The van der Waals surface area contributed by atoms with Crippen LogP contribution in [-0.2, 0) is 16.1 Å². The van der Waals surface area contributed by atoms with Crippen LogP contribution >= 0.6 is 11.3 Å². The van der Waals surface area contributed by atoms with Crippen molar-refractivity contribution in [2.45, 2.75) is 58.8 Å². The molecule has 2 aromatic rings. The van der Waals surface area contributed by atoms with Gasteiger partial charge in [-0.1, -0.05) is 32.9 Å². The van der Waals surface area contributed by atoms with Gasteiger partial charge in [0.2, 0.25) is 11.8 Å². The van der Waals surface area contributed by atoms with Crippen molar-refractivity contribution < 1.29 is 19.8 Å². The maximum absolute atomic E-state index is 12.8. The minimum Gasteiger partial charge on any atom is -0.508 e. The average Bonchev–Trinajstić information content (AvgIpc) is 3.30. The number of carbonyl (C=O) groups is 2. The zero-order valence-corrected chi connectivity index (χ0v) is 19.1. The number of hydrogen-bond acceptors (Lipinski definition) is 7. The standard InChI is InChI=1S/C22H30N4O4S/c1-12-18(31-11-25-12)13-5-6-14(17(28)7-13)9-24-20(29)16-8-15(27)10-26(16)21(30)19(23)22(2,3)4/h5-7,11,15-16,19,27-28H,8-10,23H2,1-4H3,(H,24,29). The molecule has 3 unspecified atom stereocenters. The largest absolute Gasteiger partial charge is 0.508 e. The first kappa shape index (κ1) is 23.2. The van der Waals surface area contributed by atoms with Crippen molar-refractivity contribution in [2.24, 2.45) is 11.1 Å². The van der Waals surface area contributed by atoms with Crippen molar-refractivity contribution in [3.05, 3.63) is 35.0 Å². The third-order valence-electron chi connectivity index (χ3n) is 5.61. The Hall–Kier alpha value is -2.49. The summed E-state index contributed by atoms with van der Waals surface area (Å²) in [6.45, 7) is 7.67. The molecule has 5 N–H and O–H groups in total. The number of benzene rings is 1. The molecule has 1 fully saturated rings. The number of nitrogens with zero attached hydrogens (tertiary/aromatic N) is 2. The molecule has 1 aliphatic rings. The average molecular weight is 447 g/mol. The molecular weight excluding hydrogens is 416 g/mol. The number of aromatic hydroxyl groups is 1. The van der Waals surface area contributed by atoms with Gasteiger partial charge in [0.05, 0.1) is 28.2 Å². The Kier molecular flexibility index (Phi) is 6.68. The number of thiazole rings is 1. The van der Waals surface area contributed by atoms with E-state index in [1.165, 1.54) is 16.2 Å². The summed E-state index contributed by atoms with van der Waals surface area (Å²) < 4.78 is 0. The van der Waals surface area contributed by atoms with Crippen LogP contribution < -0.4 is 11.1 Å². The summed E-state index contributed by atoms with van der Waals surface area (Å²) in [7, 11) is 0. The Bertz CT molecular complexity index is 969. The highest BCUT2D eigenvalue weighted by atomic mass is 32.1. The summed E-state index contributed by atoms with van der Waals surface area (Å²) in [6, 6.07) is 3.71. The topological polar surface area (TPSA) is 129 Å². The number of hydrogen-bond donors (Lipinski definition) is 4. The highest BCUT2D eigenvalue weighted by Gasteiger charge is 2.42. The summed E-state index contributed by atoms with van der Waals surface area (Å²) in [4.78, 5) is 32.2. The predicted octanol–water partition coefficient (Wildman–Crippen LogP) is 1.78. The van der Waals surface area contributed by atoms with E-state index >= 15 is 0 Å². The lowest BCUT2D eigenvalue weighted by molar-refractivity contribution is -0.141. The SMILES string of the molecule is Cc1ncsc1-c1ccc(CNC(=O)C2CC(O)CN2C(=O)C(N)C(C)(C)C)c(O)c1. The van der Waals surface area contributed by atoms with E-state index in [0.29, 0.717) is 5.56 Å². The maximum Gasteiger partial charge on any atom is 0.243 e. The van der Waals surface area contributed by atoms with Crippen molar-refractivity contribution in [1.82, 2.24) is 15.2 Å². The van der Waals surface area contributed by atoms with E-state index in [1.807, 2.05) is 33.8 Å². The number of aliphatic hydroxyl groups is 1. The fraction of sp³-hybridized carbons (Fsp3) is 0.500. The molecular formula is C22H30N4O4S. The molecule has 1 aromatic heterocycles. The number of aryl methyl sites for hydroxylation is 1. The van der Waals surface area contributed by atoms with E-state index in [0.717, 1.165) is 16.1 Å². The third-order valence-corrected chi connectivity index (χ3v) is 6.59. The Morgan fingerprint density at radius 1 is 1.39 bits per heavy atom. The predicted molar refractivity (Wildman–Crippen MR) is 119 cm³/mol. The van der Waals surface area contributed by atoms with Crippen LogP contribution in [0.2, 0.25) is 0 Å². The van der Waals surface area contributed by atoms with Crippen LogP contribution in [0.15, 0.2) is 23.7 Å². The van der Waals surface area contributed by atoms with E-state index in [4.69, 9.17) is 5.73 Å². The van der Waals surface area contributed by atoms with Crippen molar-refractivity contribution in [2.75, 3.05) is 6.54 Å². The Labute approximate surface area is 186 Å². The maximum atomic E-state index is 12.8. The fourth-order valence-corrected chi connectivity index (χ4v) is 4.39. The van der Waals surface area contributed by atoms with Gasteiger partial charge in [-0.15, -0.1) is 11.3 Å². The Balaban J connectivity index is 1.68. The molecule has 0 aliphatic carbocycles. The van der Waals surface area contributed by atoms with Gasteiger partial charge in [0.1, 0.15) is 11.8 Å². The molecule has 3 atom stereocenters. The normalized spacial score (nSPS) is 20.0. The molecule has 31 heavy (non-hydrogen) atoms. The third kappa shape index (κ3) is 5.06. The van der Waals surface area contributed by atoms with Crippen LogP contribution in [0, 0.1) is 12.3 Å². The number of aromatic nitrogens is 1. The lowest BCUT2D eigenvalue weighted by atomic mass is 9.86. The van der Waals surface area contributed by atoms with Gasteiger partial charge >= 0.3 is 0 Å². The van der Waals surface area contributed by atoms with Gasteiger partial charge in [0.25, 0.3) is 0 Å². The molecule has 2 amide bonds. The van der Waals surface area contributed by atoms with Crippen molar-refractivity contribution in [3.8, 4) is 16.2 Å². The molecule has 1 aliphatic heterocycles. The molecule has 1 aromatic carbocycles. The summed E-state index contributed by atoms with van der Waals surface area (Å²) in [5.74, 6) is -0.663. The van der Waals surface area contributed by atoms with E-state index in [-0.39, 0.29) is 37.1 Å². The second-order valence-corrected chi connectivity index (χ2v) is 9.92. The first-order valence-electron chi connectivity index (χ1n) is 10.2. The minimum atomic E-state index is -0.794. The summed E-state index contributed by atoms with van der Waals surface area (Å²) in [6.07, 6.45) is -0.619. The zero-order chi connectivity index (χ0) is 22.9. The van der Waals surface area contributed by atoms with Gasteiger partial charge in [-0.05, 0) is 24.0 Å². The first-order chi connectivity index (χ1) is 14.5. The number of carbonyl (C=O) groups excluding carboxylic acids is 2. The van der Waals surface area contributed by atoms with Gasteiger partial charge in [0.15, 0.2) is 0 Å².